The maximum absolute atomic E-state index is 11.5. The van der Waals surface area contributed by atoms with Crippen LogP contribution in [0.25, 0.3) is 0 Å². The second kappa shape index (κ2) is 6.78. The van der Waals surface area contributed by atoms with Gasteiger partial charge in [0.05, 0.1) is 15.6 Å². The van der Waals surface area contributed by atoms with Gasteiger partial charge in [-0.15, -0.1) is 0 Å². The average molecular weight is 334 g/mol. The molecular formula is C15H16ClN5O2. The molecule has 0 aliphatic heterocycles. The molecule has 0 bridgehead atoms. The fourth-order valence-electron chi connectivity index (χ4n) is 2.70. The van der Waals surface area contributed by atoms with Crippen LogP contribution in [0.15, 0.2) is 30.6 Å². The summed E-state index contributed by atoms with van der Waals surface area (Å²) >= 11 is 6.09. The average Bonchev–Trinajstić information content (AvgIpc) is 3.02. The maximum atomic E-state index is 11.5. The maximum Gasteiger partial charge on any atom is 0.353 e. The predicted molar refractivity (Wildman–Crippen MR) is 89.3 cm³/mol. The van der Waals surface area contributed by atoms with Crippen molar-refractivity contribution in [1.29, 1.82) is 0 Å². The first-order valence-corrected chi connectivity index (χ1v) is 7.80. The van der Waals surface area contributed by atoms with E-state index in [2.05, 4.69) is 20.6 Å². The van der Waals surface area contributed by atoms with Gasteiger partial charge in [-0.2, -0.15) is 0 Å². The van der Waals surface area contributed by atoms with Crippen molar-refractivity contribution in [3.8, 4) is 0 Å². The van der Waals surface area contributed by atoms with Crippen molar-refractivity contribution in [1.82, 2.24) is 9.97 Å². The van der Waals surface area contributed by atoms with Gasteiger partial charge >= 0.3 is 5.69 Å². The van der Waals surface area contributed by atoms with Crippen molar-refractivity contribution in [3.05, 3.63) is 45.7 Å². The third-order valence-corrected chi connectivity index (χ3v) is 4.16. The first kappa shape index (κ1) is 15.5. The van der Waals surface area contributed by atoms with E-state index in [-0.39, 0.29) is 23.4 Å². The minimum atomic E-state index is -0.476. The number of nitro groups is 1. The Hall–Kier alpha value is -2.41. The lowest BCUT2D eigenvalue weighted by atomic mass is 10.2. The van der Waals surface area contributed by atoms with E-state index in [0.717, 1.165) is 25.7 Å². The van der Waals surface area contributed by atoms with E-state index >= 15 is 0 Å². The topological polar surface area (TPSA) is 93.0 Å². The van der Waals surface area contributed by atoms with Crippen LogP contribution >= 0.6 is 11.6 Å². The summed E-state index contributed by atoms with van der Waals surface area (Å²) in [5.41, 5.74) is 0.391. The molecular weight excluding hydrogens is 318 g/mol. The highest BCUT2D eigenvalue weighted by molar-refractivity contribution is 6.33. The molecule has 1 aromatic carbocycles. The zero-order chi connectivity index (χ0) is 16.2. The molecule has 1 aromatic heterocycles. The van der Waals surface area contributed by atoms with Crippen LogP contribution in [0.1, 0.15) is 25.7 Å². The quantitative estimate of drug-likeness (QED) is 0.631. The van der Waals surface area contributed by atoms with E-state index < -0.39 is 4.92 Å². The summed E-state index contributed by atoms with van der Waals surface area (Å²) in [6.45, 7) is 0. The minimum Gasteiger partial charge on any atom is -0.361 e. The fraction of sp³-hybridized carbons (Fsp3) is 0.333. The van der Waals surface area contributed by atoms with Crippen molar-refractivity contribution < 1.29 is 4.92 Å². The van der Waals surface area contributed by atoms with Crippen LogP contribution in [0.3, 0.4) is 0 Å². The third-order valence-electron chi connectivity index (χ3n) is 3.83. The van der Waals surface area contributed by atoms with E-state index in [1.165, 1.54) is 6.33 Å². The molecule has 0 radical (unpaired) electrons. The van der Waals surface area contributed by atoms with E-state index in [4.69, 9.17) is 11.6 Å². The lowest BCUT2D eigenvalue weighted by Gasteiger charge is -2.14. The molecule has 3 rings (SSSR count). The van der Waals surface area contributed by atoms with Crippen molar-refractivity contribution >= 4 is 34.6 Å². The summed E-state index contributed by atoms with van der Waals surface area (Å²) in [5, 5.41) is 18.1. The highest BCUT2D eigenvalue weighted by Gasteiger charge is 2.26. The summed E-state index contributed by atoms with van der Waals surface area (Å²) in [7, 11) is 0. The number of hydrogen-bond acceptors (Lipinski definition) is 6. The van der Waals surface area contributed by atoms with Crippen LogP contribution in [0.2, 0.25) is 5.02 Å². The van der Waals surface area contributed by atoms with Gasteiger partial charge in [-0.3, -0.25) is 10.1 Å². The van der Waals surface area contributed by atoms with E-state index in [9.17, 15) is 10.1 Å². The Morgan fingerprint density at radius 1 is 1.17 bits per heavy atom. The Morgan fingerprint density at radius 2 is 1.87 bits per heavy atom. The summed E-state index contributed by atoms with van der Waals surface area (Å²) in [5.74, 6) is 0.366. The van der Waals surface area contributed by atoms with E-state index in [1.54, 1.807) is 24.3 Å². The number of para-hydroxylation sites is 1. The second-order valence-corrected chi connectivity index (χ2v) is 5.81. The Morgan fingerprint density at radius 3 is 2.57 bits per heavy atom. The minimum absolute atomic E-state index is 0.124. The largest absolute Gasteiger partial charge is 0.361 e. The second-order valence-electron chi connectivity index (χ2n) is 5.41. The summed E-state index contributed by atoms with van der Waals surface area (Å²) in [4.78, 5) is 19.1. The van der Waals surface area contributed by atoms with Gasteiger partial charge in [-0.25, -0.2) is 9.97 Å². The molecule has 0 spiro atoms. The lowest BCUT2D eigenvalue weighted by molar-refractivity contribution is -0.383. The number of aromatic nitrogens is 2. The third kappa shape index (κ3) is 3.50. The summed E-state index contributed by atoms with van der Waals surface area (Å²) in [6, 6.07) is 7.23. The van der Waals surface area contributed by atoms with Gasteiger partial charge in [0.15, 0.2) is 0 Å². The number of halogens is 1. The Balaban J connectivity index is 1.93. The molecule has 1 saturated carbocycles. The molecule has 120 valence electrons. The standard InChI is InChI=1S/C15H16ClN5O2/c16-11-7-3-4-8-12(11)20-15-13(21(22)23)14(17-9-18-15)19-10-5-1-2-6-10/h3-4,7-10H,1-2,5-6H2,(H2,17,18,19,20). The molecule has 7 nitrogen and oxygen atoms in total. The smallest absolute Gasteiger partial charge is 0.353 e. The zero-order valence-corrected chi connectivity index (χ0v) is 13.1. The molecule has 0 unspecified atom stereocenters. The molecule has 1 heterocycles. The lowest BCUT2D eigenvalue weighted by Crippen LogP contribution is -2.17. The highest BCUT2D eigenvalue weighted by Crippen LogP contribution is 2.34. The number of nitrogens with zero attached hydrogens (tertiary/aromatic N) is 3. The van der Waals surface area contributed by atoms with Gasteiger partial charge in [0, 0.05) is 6.04 Å². The van der Waals surface area contributed by atoms with E-state index in [0.29, 0.717) is 10.7 Å². The molecule has 0 amide bonds. The Labute approximate surface area is 138 Å². The summed E-state index contributed by atoms with van der Waals surface area (Å²) in [6.07, 6.45) is 5.55. The van der Waals surface area contributed by atoms with E-state index in [1.807, 2.05) is 0 Å². The molecule has 1 aliphatic rings. The van der Waals surface area contributed by atoms with Gasteiger partial charge in [0.1, 0.15) is 6.33 Å². The van der Waals surface area contributed by atoms with Crippen LogP contribution < -0.4 is 10.6 Å². The van der Waals surface area contributed by atoms with Crippen molar-refractivity contribution in [2.24, 2.45) is 0 Å². The fourth-order valence-corrected chi connectivity index (χ4v) is 2.89. The molecule has 2 aromatic rings. The van der Waals surface area contributed by atoms with Gasteiger partial charge in [0.25, 0.3) is 0 Å². The van der Waals surface area contributed by atoms with Crippen LogP contribution in [-0.4, -0.2) is 20.9 Å². The van der Waals surface area contributed by atoms with Crippen molar-refractivity contribution in [2.75, 3.05) is 10.6 Å². The molecule has 2 N–H and O–H groups in total. The van der Waals surface area contributed by atoms with Crippen LogP contribution in [0, 0.1) is 10.1 Å². The first-order chi connectivity index (χ1) is 11.1. The molecule has 0 saturated heterocycles. The number of hydrogen-bond donors (Lipinski definition) is 2. The normalized spacial score (nSPS) is 14.7. The first-order valence-electron chi connectivity index (χ1n) is 7.42. The van der Waals surface area contributed by atoms with Gasteiger partial charge in [0.2, 0.25) is 11.6 Å². The van der Waals surface area contributed by atoms with Crippen LogP contribution in [0.4, 0.5) is 23.0 Å². The monoisotopic (exact) mass is 333 g/mol. The Kier molecular flexibility index (Phi) is 4.57. The molecule has 1 aliphatic carbocycles. The van der Waals surface area contributed by atoms with Crippen LogP contribution in [0.5, 0.6) is 0 Å². The SMILES string of the molecule is O=[N+]([O-])c1c(Nc2ccccc2Cl)ncnc1NC1CCCC1. The van der Waals surface area contributed by atoms with Gasteiger partial charge in [-0.05, 0) is 25.0 Å². The summed E-state index contributed by atoms with van der Waals surface area (Å²) < 4.78 is 0. The molecule has 8 heteroatoms. The molecule has 1 fully saturated rings. The predicted octanol–water partition coefficient (Wildman–Crippen LogP) is 4.14. The highest BCUT2D eigenvalue weighted by atomic mass is 35.5. The zero-order valence-electron chi connectivity index (χ0n) is 12.3. The van der Waals surface area contributed by atoms with Crippen molar-refractivity contribution in [2.45, 2.75) is 31.7 Å². The Bertz CT molecular complexity index is 719. The number of benzene rings is 1. The number of rotatable bonds is 5. The van der Waals surface area contributed by atoms with Crippen molar-refractivity contribution in [3.63, 3.8) is 0 Å². The van der Waals surface area contributed by atoms with Crippen LogP contribution in [-0.2, 0) is 0 Å². The number of anilines is 3. The number of nitrogens with one attached hydrogen (secondary N) is 2. The molecule has 0 atom stereocenters. The van der Waals surface area contributed by atoms with Gasteiger partial charge < -0.3 is 10.6 Å². The van der Waals surface area contributed by atoms with Gasteiger partial charge in [-0.1, -0.05) is 36.6 Å². The molecule has 23 heavy (non-hydrogen) atoms.